The Kier molecular flexibility index (Phi) is 7.12. The molecule has 2 heterocycles. The van der Waals surface area contributed by atoms with Gasteiger partial charge in [-0.25, -0.2) is 4.68 Å². The molecule has 2 atom stereocenters. The normalized spacial score (nSPS) is 17.4. The van der Waals surface area contributed by atoms with Crippen molar-refractivity contribution in [2.45, 2.75) is 24.7 Å². The second-order valence-electron chi connectivity index (χ2n) is 7.64. The van der Waals surface area contributed by atoms with Crippen molar-refractivity contribution in [2.75, 3.05) is 24.9 Å². The summed E-state index contributed by atoms with van der Waals surface area (Å²) in [6.07, 6.45) is -4.96. The number of ether oxygens (including phenoxy) is 2. The lowest BCUT2D eigenvalue weighted by Gasteiger charge is -2.33. The van der Waals surface area contributed by atoms with Crippen LogP contribution in [0.15, 0.2) is 40.9 Å². The number of hydrogen-bond acceptors (Lipinski definition) is 5. The number of anilines is 2. The molecule has 0 saturated carbocycles. The summed E-state index contributed by atoms with van der Waals surface area (Å²) in [5.74, 6) is -0.457. The molecule has 0 radical (unpaired) electrons. The van der Waals surface area contributed by atoms with Crippen molar-refractivity contribution in [3.8, 4) is 11.5 Å². The van der Waals surface area contributed by atoms with Crippen LogP contribution in [0.4, 0.5) is 24.7 Å². The van der Waals surface area contributed by atoms with Gasteiger partial charge in [-0.15, -0.1) is 0 Å². The highest BCUT2D eigenvalue weighted by atomic mass is 79.9. The van der Waals surface area contributed by atoms with Gasteiger partial charge in [0.25, 0.3) is 5.91 Å². The summed E-state index contributed by atoms with van der Waals surface area (Å²) >= 11 is 15.8. The molecule has 186 valence electrons. The van der Waals surface area contributed by atoms with E-state index in [1.165, 1.54) is 26.4 Å². The van der Waals surface area contributed by atoms with Gasteiger partial charge in [-0.05, 0) is 17.7 Å². The van der Waals surface area contributed by atoms with Gasteiger partial charge in [-0.3, -0.25) is 4.79 Å². The van der Waals surface area contributed by atoms with E-state index in [4.69, 9.17) is 32.7 Å². The molecule has 1 aromatic heterocycles. The summed E-state index contributed by atoms with van der Waals surface area (Å²) in [7, 11) is 2.76. The van der Waals surface area contributed by atoms with Crippen molar-refractivity contribution in [2.24, 2.45) is 0 Å². The highest BCUT2D eigenvalue weighted by Gasteiger charge is 2.48. The third-order valence-electron chi connectivity index (χ3n) is 5.51. The number of rotatable bonds is 5. The number of carbonyl (C=O) groups is 1. The number of aromatic nitrogens is 2. The van der Waals surface area contributed by atoms with Crippen molar-refractivity contribution in [3.63, 3.8) is 0 Å². The maximum Gasteiger partial charge on any atom is 0.410 e. The first-order valence-corrected chi connectivity index (χ1v) is 11.7. The molecule has 0 fully saturated rings. The van der Waals surface area contributed by atoms with Crippen molar-refractivity contribution < 1.29 is 27.4 Å². The quantitative estimate of drug-likeness (QED) is 0.337. The van der Waals surface area contributed by atoms with E-state index in [2.05, 4.69) is 31.7 Å². The minimum Gasteiger partial charge on any atom is -0.495 e. The average molecular weight is 594 g/mol. The van der Waals surface area contributed by atoms with Crippen molar-refractivity contribution >= 4 is 56.5 Å². The summed E-state index contributed by atoms with van der Waals surface area (Å²) < 4.78 is 53.9. The average Bonchev–Trinajstić information content (AvgIpc) is 3.15. The van der Waals surface area contributed by atoms with Gasteiger partial charge in [0.2, 0.25) is 0 Å². The van der Waals surface area contributed by atoms with Crippen molar-refractivity contribution in [3.05, 3.63) is 62.2 Å². The molecule has 0 saturated heterocycles. The second kappa shape index (κ2) is 9.79. The van der Waals surface area contributed by atoms with E-state index in [9.17, 15) is 18.0 Å². The first-order valence-electron chi connectivity index (χ1n) is 10.1. The number of amides is 1. The van der Waals surface area contributed by atoms with Gasteiger partial charge < -0.3 is 20.1 Å². The fourth-order valence-electron chi connectivity index (χ4n) is 3.79. The number of alkyl halides is 3. The predicted octanol–water partition coefficient (Wildman–Crippen LogP) is 6.88. The van der Waals surface area contributed by atoms with Gasteiger partial charge in [0, 0.05) is 23.0 Å². The first-order chi connectivity index (χ1) is 16.5. The van der Waals surface area contributed by atoms with Crippen molar-refractivity contribution in [1.82, 2.24) is 9.78 Å². The lowest BCUT2D eigenvalue weighted by molar-refractivity contribution is -0.173. The molecule has 2 aromatic carbocycles. The fraction of sp³-hybridized carbons (Fsp3) is 0.273. The Labute approximate surface area is 216 Å². The maximum atomic E-state index is 14.0. The van der Waals surface area contributed by atoms with Crippen LogP contribution in [-0.4, -0.2) is 36.1 Å². The molecule has 2 N–H and O–H groups in total. The van der Waals surface area contributed by atoms with Crippen LogP contribution in [0.25, 0.3) is 0 Å². The molecule has 7 nitrogen and oxygen atoms in total. The third kappa shape index (κ3) is 5.03. The van der Waals surface area contributed by atoms with Gasteiger partial charge >= 0.3 is 6.18 Å². The zero-order valence-corrected chi connectivity index (χ0v) is 21.3. The van der Waals surface area contributed by atoms with Crippen LogP contribution >= 0.6 is 39.1 Å². The molecule has 3 aromatic rings. The maximum absolute atomic E-state index is 14.0. The molecule has 1 aliphatic rings. The largest absolute Gasteiger partial charge is 0.495 e. The smallest absolute Gasteiger partial charge is 0.410 e. The predicted molar refractivity (Wildman–Crippen MR) is 130 cm³/mol. The van der Waals surface area contributed by atoms with Crippen molar-refractivity contribution in [1.29, 1.82) is 0 Å². The topological polar surface area (TPSA) is 77.4 Å². The minimum absolute atomic E-state index is 0.0982. The molecular formula is C22H18BrCl2F3N4O3. The number of hydrogen-bond donors (Lipinski definition) is 2. The van der Waals surface area contributed by atoms with E-state index >= 15 is 0 Å². The van der Waals surface area contributed by atoms with E-state index in [0.717, 1.165) is 4.47 Å². The monoisotopic (exact) mass is 592 g/mol. The van der Waals surface area contributed by atoms with Crippen LogP contribution in [0.3, 0.4) is 0 Å². The highest BCUT2D eigenvalue weighted by Crippen LogP contribution is 2.46. The second-order valence-corrected chi connectivity index (χ2v) is 9.34. The Balaban J connectivity index is 1.71. The van der Waals surface area contributed by atoms with Gasteiger partial charge in [0.05, 0.1) is 31.0 Å². The molecule has 1 amide bonds. The van der Waals surface area contributed by atoms with Gasteiger partial charge in [0.1, 0.15) is 22.3 Å². The van der Waals surface area contributed by atoms with Crippen LogP contribution in [0.1, 0.15) is 34.6 Å². The SMILES string of the molecule is COc1cc(NC(=O)c2nn3c(c2Cl)N[C@H](c2ccc(Br)cc2)C[C@H]3C(F)(F)F)c(OC)cc1Cl. The van der Waals surface area contributed by atoms with Crippen LogP contribution < -0.4 is 20.1 Å². The standard InChI is InChI=1S/C22H18BrCl2F3N4O3/c1-34-15-8-14(16(35-2)7-12(15)24)30-21(33)19-18(25)20-29-13(10-3-5-11(23)6-4-10)9-17(22(26,27)28)32(20)31-19/h3-8,13,17,29H,9H2,1-2H3,(H,30,33)/t13-,17-/m0/s1. The Bertz CT molecular complexity index is 1270. The van der Waals surface area contributed by atoms with Crippen LogP contribution in [0.2, 0.25) is 10.0 Å². The summed E-state index contributed by atoms with van der Waals surface area (Å²) in [4.78, 5) is 13.0. The number of fused-ring (bicyclic) bond motifs is 1. The van der Waals surface area contributed by atoms with E-state index in [1.807, 2.05) is 0 Å². The number of nitrogens with zero attached hydrogens (tertiary/aromatic N) is 2. The Morgan fingerprint density at radius 2 is 1.83 bits per heavy atom. The molecule has 0 spiro atoms. The number of nitrogens with one attached hydrogen (secondary N) is 2. The fourth-order valence-corrected chi connectivity index (χ4v) is 4.55. The molecule has 13 heteroatoms. The minimum atomic E-state index is -4.62. The molecule has 1 aliphatic heterocycles. The Morgan fingerprint density at radius 3 is 2.43 bits per heavy atom. The third-order valence-corrected chi connectivity index (χ3v) is 6.69. The van der Waals surface area contributed by atoms with E-state index < -0.39 is 24.2 Å². The number of halogens is 6. The van der Waals surface area contributed by atoms with Gasteiger partial charge in [-0.1, -0.05) is 51.3 Å². The number of carbonyl (C=O) groups excluding carboxylic acids is 1. The Morgan fingerprint density at radius 1 is 1.17 bits per heavy atom. The van der Waals surface area contributed by atoms with Gasteiger partial charge in [-0.2, -0.15) is 18.3 Å². The number of benzene rings is 2. The highest BCUT2D eigenvalue weighted by molar-refractivity contribution is 9.10. The summed E-state index contributed by atoms with van der Waals surface area (Å²) in [5, 5.41) is 9.50. The van der Waals surface area contributed by atoms with Crippen LogP contribution in [0.5, 0.6) is 11.5 Å². The Hall–Kier alpha value is -2.63. The lowest BCUT2D eigenvalue weighted by atomic mass is 9.97. The summed E-state index contributed by atoms with van der Waals surface area (Å²) in [5.41, 5.74) is 0.430. The molecule has 0 aliphatic carbocycles. The zero-order valence-electron chi connectivity index (χ0n) is 18.2. The first kappa shape index (κ1) is 25.5. The molecule has 0 bridgehead atoms. The van der Waals surface area contributed by atoms with Crippen LogP contribution in [0, 0.1) is 0 Å². The summed E-state index contributed by atoms with van der Waals surface area (Å²) in [6.45, 7) is 0. The molecule has 4 rings (SSSR count). The lowest BCUT2D eigenvalue weighted by Crippen LogP contribution is -2.35. The molecule has 35 heavy (non-hydrogen) atoms. The van der Waals surface area contributed by atoms with E-state index in [1.54, 1.807) is 24.3 Å². The van der Waals surface area contributed by atoms with E-state index in [-0.39, 0.29) is 45.2 Å². The van der Waals surface area contributed by atoms with E-state index in [0.29, 0.717) is 10.2 Å². The summed E-state index contributed by atoms with van der Waals surface area (Å²) in [6, 6.07) is 7.05. The van der Waals surface area contributed by atoms with Crippen LogP contribution in [-0.2, 0) is 0 Å². The number of methoxy groups -OCH3 is 2. The van der Waals surface area contributed by atoms with Gasteiger partial charge in [0.15, 0.2) is 11.7 Å². The molecule has 0 unspecified atom stereocenters. The molecular weight excluding hydrogens is 576 g/mol. The zero-order chi connectivity index (χ0) is 25.5.